The first kappa shape index (κ1) is 14.2. The van der Waals surface area contributed by atoms with Gasteiger partial charge in [-0.3, -0.25) is 4.79 Å². The van der Waals surface area contributed by atoms with E-state index < -0.39 is 12.0 Å². The minimum atomic E-state index is -1.04. The van der Waals surface area contributed by atoms with Crippen molar-refractivity contribution in [3.63, 3.8) is 0 Å². The first-order valence-electron chi connectivity index (χ1n) is 3.55. The summed E-state index contributed by atoms with van der Waals surface area (Å²) < 4.78 is 0. The molecule has 0 fully saturated rings. The van der Waals surface area contributed by atoms with Gasteiger partial charge in [-0.1, -0.05) is 0 Å². The van der Waals surface area contributed by atoms with Crippen molar-refractivity contribution in [2.75, 3.05) is 6.54 Å². The first-order valence-corrected chi connectivity index (χ1v) is 3.55. The number of nitrogens with two attached hydrogens (primary N) is 1. The van der Waals surface area contributed by atoms with Crippen LogP contribution in [0.1, 0.15) is 19.3 Å². The zero-order valence-corrected chi connectivity index (χ0v) is 7.51. The van der Waals surface area contributed by atoms with Crippen LogP contribution >= 0.6 is 12.4 Å². The molecule has 0 bridgehead atoms. The average molecular weight is 199 g/mol. The Morgan fingerprint density at radius 3 is 2.42 bits per heavy atom. The van der Waals surface area contributed by atoms with Crippen LogP contribution in [0, 0.1) is 0 Å². The van der Waals surface area contributed by atoms with Gasteiger partial charge in [0.2, 0.25) is 0 Å². The van der Waals surface area contributed by atoms with Crippen LogP contribution in [-0.2, 0) is 4.79 Å². The number of rotatable bonds is 6. The lowest BCUT2D eigenvalue weighted by Gasteiger charge is -2.08. The Labute approximate surface area is 77.3 Å². The van der Waals surface area contributed by atoms with Gasteiger partial charge in [0, 0.05) is 0 Å². The zero-order chi connectivity index (χ0) is 8.69. The van der Waals surface area contributed by atoms with Crippen molar-refractivity contribution in [1.29, 1.82) is 0 Å². The van der Waals surface area contributed by atoms with Crippen LogP contribution in [0.15, 0.2) is 0 Å². The van der Waals surface area contributed by atoms with E-state index in [0.29, 0.717) is 19.4 Å². The summed E-state index contributed by atoms with van der Waals surface area (Å²) in [6, 6.07) is -0.860. The van der Waals surface area contributed by atoms with E-state index in [2.05, 4.69) is 0 Å². The second kappa shape index (κ2) is 8.73. The zero-order valence-electron chi connectivity index (χ0n) is 6.69. The highest BCUT2D eigenvalue weighted by atomic mass is 35.5. The summed E-state index contributed by atoms with van der Waals surface area (Å²) in [7, 11) is 0. The number of unbranched alkanes of at least 4 members (excludes halogenated alkanes) is 1. The highest BCUT2D eigenvalue weighted by Crippen LogP contribution is 1.99. The molecule has 0 aliphatic heterocycles. The fourth-order valence-electron chi connectivity index (χ4n) is 0.736. The van der Waals surface area contributed by atoms with Gasteiger partial charge in [0.25, 0.3) is 0 Å². The lowest BCUT2D eigenvalue weighted by Crippen LogP contribution is -2.34. The number of aliphatic carboxylic acids is 1. The molecule has 0 aliphatic rings. The second-order valence-electron chi connectivity index (χ2n) is 2.30. The summed E-state index contributed by atoms with van der Waals surface area (Å²) >= 11 is 0. The minimum absolute atomic E-state index is 0. The van der Waals surface area contributed by atoms with E-state index in [1.54, 1.807) is 5.48 Å². The molecule has 74 valence electrons. The molecule has 0 aliphatic carbocycles. The molecule has 0 heterocycles. The van der Waals surface area contributed by atoms with Gasteiger partial charge >= 0.3 is 5.97 Å². The third kappa shape index (κ3) is 6.36. The molecular formula is C6H15ClN2O3. The maximum Gasteiger partial charge on any atom is 0.323 e. The topological polar surface area (TPSA) is 95.6 Å². The fourth-order valence-corrected chi connectivity index (χ4v) is 0.736. The van der Waals surface area contributed by atoms with Gasteiger partial charge < -0.3 is 16.0 Å². The molecular weight excluding hydrogens is 184 g/mol. The number of hydrogen-bond donors (Lipinski definition) is 4. The van der Waals surface area contributed by atoms with E-state index in [4.69, 9.17) is 16.0 Å². The van der Waals surface area contributed by atoms with E-state index in [1.165, 1.54) is 0 Å². The summed E-state index contributed by atoms with van der Waals surface area (Å²) in [5.74, 6) is -1.04. The largest absolute Gasteiger partial charge is 0.480 e. The van der Waals surface area contributed by atoms with Gasteiger partial charge in [0.05, 0.1) is 0 Å². The van der Waals surface area contributed by atoms with E-state index >= 15 is 0 Å². The first-order chi connectivity index (χ1) is 5.22. The molecule has 0 aromatic carbocycles. The monoisotopic (exact) mass is 198 g/mol. The SMILES string of the molecule is Cl.NCCCC[C@H](NO)C(=O)O. The second-order valence-corrected chi connectivity index (χ2v) is 2.30. The summed E-state index contributed by atoms with van der Waals surface area (Å²) in [4.78, 5) is 10.3. The molecule has 0 unspecified atom stereocenters. The molecule has 0 radical (unpaired) electrons. The normalized spacial score (nSPS) is 11.8. The van der Waals surface area contributed by atoms with Crippen molar-refractivity contribution < 1.29 is 15.1 Å². The molecule has 0 spiro atoms. The van der Waals surface area contributed by atoms with Gasteiger partial charge in [-0.15, -0.1) is 12.4 Å². The Morgan fingerprint density at radius 2 is 2.08 bits per heavy atom. The molecule has 5 N–H and O–H groups in total. The highest BCUT2D eigenvalue weighted by molar-refractivity contribution is 5.85. The summed E-state index contributed by atoms with van der Waals surface area (Å²) in [6.45, 7) is 0.553. The van der Waals surface area contributed by atoms with Crippen molar-refractivity contribution in [2.45, 2.75) is 25.3 Å². The van der Waals surface area contributed by atoms with Crippen molar-refractivity contribution in [3.8, 4) is 0 Å². The fraction of sp³-hybridized carbons (Fsp3) is 0.833. The molecule has 0 saturated heterocycles. The lowest BCUT2D eigenvalue weighted by atomic mass is 10.1. The van der Waals surface area contributed by atoms with E-state index in [0.717, 1.165) is 6.42 Å². The molecule has 0 amide bonds. The molecule has 0 rings (SSSR count). The number of halogens is 1. The maximum atomic E-state index is 10.3. The third-order valence-electron chi connectivity index (χ3n) is 1.40. The third-order valence-corrected chi connectivity index (χ3v) is 1.40. The summed E-state index contributed by atoms with van der Waals surface area (Å²) in [6.07, 6.45) is 1.90. The number of carboxylic acids is 1. The van der Waals surface area contributed by atoms with Crippen LogP contribution in [-0.4, -0.2) is 28.9 Å². The smallest absolute Gasteiger partial charge is 0.323 e. The number of carboxylic acid groups (broad SMARTS) is 1. The molecule has 12 heavy (non-hydrogen) atoms. The average Bonchev–Trinajstić information content (AvgIpc) is 1.97. The van der Waals surface area contributed by atoms with E-state index in [1.807, 2.05) is 0 Å². The van der Waals surface area contributed by atoms with E-state index in [-0.39, 0.29) is 12.4 Å². The van der Waals surface area contributed by atoms with Gasteiger partial charge in [0.1, 0.15) is 6.04 Å². The minimum Gasteiger partial charge on any atom is -0.480 e. The Kier molecular flexibility index (Phi) is 10.3. The number of carbonyl (C=O) groups is 1. The van der Waals surface area contributed by atoms with Gasteiger partial charge in [-0.05, 0) is 25.8 Å². The van der Waals surface area contributed by atoms with E-state index in [9.17, 15) is 4.79 Å². The molecule has 0 saturated carbocycles. The molecule has 0 aromatic rings. The number of hydrogen-bond acceptors (Lipinski definition) is 4. The Morgan fingerprint density at radius 1 is 1.50 bits per heavy atom. The number of hydroxylamine groups is 1. The maximum absolute atomic E-state index is 10.3. The van der Waals surface area contributed by atoms with Crippen LogP contribution in [0.2, 0.25) is 0 Å². The predicted octanol–water partition coefficient (Wildman–Crippen LogP) is -0.0308. The number of nitrogens with one attached hydrogen (secondary N) is 1. The quantitative estimate of drug-likeness (QED) is 0.355. The summed E-state index contributed by atoms with van der Waals surface area (Å²) in [5.41, 5.74) is 6.92. The van der Waals surface area contributed by atoms with Gasteiger partial charge in [-0.2, -0.15) is 5.48 Å². The predicted molar refractivity (Wildman–Crippen MR) is 46.5 cm³/mol. The Balaban J connectivity index is 0. The van der Waals surface area contributed by atoms with Crippen molar-refractivity contribution in [1.82, 2.24) is 5.48 Å². The van der Waals surface area contributed by atoms with Gasteiger partial charge in [-0.25, -0.2) is 0 Å². The van der Waals surface area contributed by atoms with Gasteiger partial charge in [0.15, 0.2) is 0 Å². The van der Waals surface area contributed by atoms with Crippen LogP contribution in [0.5, 0.6) is 0 Å². The Bertz CT molecular complexity index is 123. The van der Waals surface area contributed by atoms with Crippen LogP contribution < -0.4 is 11.2 Å². The van der Waals surface area contributed by atoms with Crippen LogP contribution in [0.3, 0.4) is 0 Å². The summed E-state index contributed by atoms with van der Waals surface area (Å²) in [5, 5.41) is 16.8. The van der Waals surface area contributed by atoms with Crippen LogP contribution in [0.4, 0.5) is 0 Å². The van der Waals surface area contributed by atoms with Crippen molar-refractivity contribution >= 4 is 18.4 Å². The molecule has 6 heteroatoms. The molecule has 1 atom stereocenters. The van der Waals surface area contributed by atoms with Crippen LogP contribution in [0.25, 0.3) is 0 Å². The van der Waals surface area contributed by atoms with Crippen molar-refractivity contribution in [3.05, 3.63) is 0 Å². The highest BCUT2D eigenvalue weighted by Gasteiger charge is 2.14. The molecule has 5 nitrogen and oxygen atoms in total. The standard InChI is InChI=1S/C6H14N2O3.ClH/c7-4-2-1-3-5(8-11)6(9)10;/h5,8,11H,1-4,7H2,(H,9,10);1H/t5-;/m0./s1. The molecule has 0 aromatic heterocycles. The lowest BCUT2D eigenvalue weighted by molar-refractivity contribution is -0.142. The van der Waals surface area contributed by atoms with Crippen molar-refractivity contribution in [2.24, 2.45) is 5.73 Å². The Hall–Kier alpha value is -0.360.